The largest absolute Gasteiger partial charge is 0.330 e. The van der Waals surface area contributed by atoms with Gasteiger partial charge < -0.3 is 5.73 Å². The summed E-state index contributed by atoms with van der Waals surface area (Å²) in [5, 5.41) is 4.62. The average Bonchev–Trinajstić information content (AvgIpc) is 2.98. The van der Waals surface area contributed by atoms with Crippen LogP contribution < -0.4 is 5.73 Å². The van der Waals surface area contributed by atoms with Gasteiger partial charge in [0.2, 0.25) is 0 Å². The highest BCUT2D eigenvalue weighted by atomic mass is 15.3. The molecule has 108 valence electrons. The molecule has 1 aromatic heterocycles. The average molecular weight is 264 g/mol. The Morgan fingerprint density at radius 3 is 2.58 bits per heavy atom. The maximum absolute atomic E-state index is 5.89. The summed E-state index contributed by atoms with van der Waals surface area (Å²) in [4.78, 5) is 4.78. The maximum Gasteiger partial charge on any atom is 0.154 e. The minimum Gasteiger partial charge on any atom is -0.330 e. The number of nitrogens with zero attached hydrogens (tertiary/aromatic N) is 3. The first kappa shape index (κ1) is 14.5. The summed E-state index contributed by atoms with van der Waals surface area (Å²) in [5.74, 6) is 3.99. The number of hydrogen-bond acceptors (Lipinski definition) is 3. The van der Waals surface area contributed by atoms with Crippen LogP contribution in [0.25, 0.3) is 0 Å². The Bertz CT molecular complexity index is 391. The fourth-order valence-electron chi connectivity index (χ4n) is 3.16. The molecule has 1 aromatic rings. The molecule has 0 bridgehead atoms. The number of aryl methyl sites for hydroxylation is 1. The van der Waals surface area contributed by atoms with Crippen LogP contribution in [-0.4, -0.2) is 21.3 Å². The van der Waals surface area contributed by atoms with Gasteiger partial charge in [-0.2, -0.15) is 5.10 Å². The SMILES string of the molecule is CC(C)CC(CN)Cc1nc(C2CCCC2)nn1C. The van der Waals surface area contributed by atoms with E-state index in [0.29, 0.717) is 17.8 Å². The van der Waals surface area contributed by atoms with Gasteiger partial charge in [-0.15, -0.1) is 0 Å². The molecule has 0 saturated heterocycles. The highest BCUT2D eigenvalue weighted by Crippen LogP contribution is 2.32. The number of hydrogen-bond donors (Lipinski definition) is 1. The second kappa shape index (κ2) is 6.51. The number of rotatable bonds is 6. The molecule has 1 unspecified atom stereocenters. The molecule has 0 amide bonds. The Morgan fingerprint density at radius 1 is 1.32 bits per heavy atom. The molecular weight excluding hydrogens is 236 g/mol. The number of aromatic nitrogens is 3. The molecule has 1 saturated carbocycles. The van der Waals surface area contributed by atoms with Crippen molar-refractivity contribution < 1.29 is 0 Å². The first-order valence-corrected chi connectivity index (χ1v) is 7.70. The van der Waals surface area contributed by atoms with E-state index in [-0.39, 0.29) is 0 Å². The fourth-order valence-corrected chi connectivity index (χ4v) is 3.16. The topological polar surface area (TPSA) is 56.7 Å². The van der Waals surface area contributed by atoms with E-state index in [1.807, 2.05) is 11.7 Å². The van der Waals surface area contributed by atoms with E-state index in [4.69, 9.17) is 10.7 Å². The molecular formula is C15H28N4. The molecule has 0 spiro atoms. The van der Waals surface area contributed by atoms with Crippen molar-refractivity contribution in [1.29, 1.82) is 0 Å². The van der Waals surface area contributed by atoms with Crippen molar-refractivity contribution >= 4 is 0 Å². The summed E-state index contributed by atoms with van der Waals surface area (Å²) in [6, 6.07) is 0. The lowest BCUT2D eigenvalue weighted by molar-refractivity contribution is 0.403. The van der Waals surface area contributed by atoms with Gasteiger partial charge in [-0.1, -0.05) is 26.7 Å². The van der Waals surface area contributed by atoms with E-state index < -0.39 is 0 Å². The van der Waals surface area contributed by atoms with E-state index in [1.165, 1.54) is 32.1 Å². The summed E-state index contributed by atoms with van der Waals surface area (Å²) in [6.07, 6.45) is 7.31. The molecule has 4 heteroatoms. The Labute approximate surface area is 116 Å². The lowest BCUT2D eigenvalue weighted by Gasteiger charge is -2.16. The minimum atomic E-state index is 0.527. The molecule has 1 aliphatic rings. The molecule has 0 radical (unpaired) electrons. The van der Waals surface area contributed by atoms with Crippen molar-refractivity contribution in [2.75, 3.05) is 6.54 Å². The highest BCUT2D eigenvalue weighted by Gasteiger charge is 2.23. The molecule has 0 aromatic carbocycles. The zero-order valence-corrected chi connectivity index (χ0v) is 12.6. The predicted molar refractivity (Wildman–Crippen MR) is 77.9 cm³/mol. The second-order valence-electron chi connectivity index (χ2n) is 6.43. The quantitative estimate of drug-likeness (QED) is 0.859. The van der Waals surface area contributed by atoms with E-state index >= 15 is 0 Å². The Hall–Kier alpha value is -0.900. The summed E-state index contributed by atoms with van der Waals surface area (Å²) in [6.45, 7) is 5.25. The van der Waals surface area contributed by atoms with Crippen LogP contribution in [-0.2, 0) is 13.5 Å². The van der Waals surface area contributed by atoms with E-state index in [9.17, 15) is 0 Å². The van der Waals surface area contributed by atoms with Crippen LogP contribution in [0.2, 0.25) is 0 Å². The number of nitrogens with two attached hydrogens (primary N) is 1. The van der Waals surface area contributed by atoms with Gasteiger partial charge in [-0.3, -0.25) is 4.68 Å². The zero-order chi connectivity index (χ0) is 13.8. The summed E-state index contributed by atoms with van der Waals surface area (Å²) >= 11 is 0. The molecule has 1 heterocycles. The molecule has 4 nitrogen and oxygen atoms in total. The molecule has 1 atom stereocenters. The van der Waals surface area contributed by atoms with Crippen molar-refractivity contribution in [3.8, 4) is 0 Å². The molecule has 1 fully saturated rings. The van der Waals surface area contributed by atoms with E-state index in [1.54, 1.807) is 0 Å². The van der Waals surface area contributed by atoms with E-state index in [0.717, 1.165) is 24.6 Å². The third-order valence-corrected chi connectivity index (χ3v) is 4.20. The van der Waals surface area contributed by atoms with Crippen LogP contribution in [0.1, 0.15) is 63.5 Å². The van der Waals surface area contributed by atoms with Gasteiger partial charge >= 0.3 is 0 Å². The lowest BCUT2D eigenvalue weighted by Crippen LogP contribution is -2.20. The molecule has 1 aliphatic carbocycles. The fraction of sp³-hybridized carbons (Fsp3) is 0.867. The van der Waals surface area contributed by atoms with Crippen LogP contribution >= 0.6 is 0 Å². The molecule has 0 aliphatic heterocycles. The third-order valence-electron chi connectivity index (χ3n) is 4.20. The monoisotopic (exact) mass is 264 g/mol. The third kappa shape index (κ3) is 3.78. The van der Waals surface area contributed by atoms with Gasteiger partial charge in [0, 0.05) is 19.4 Å². The first-order chi connectivity index (χ1) is 9.10. The van der Waals surface area contributed by atoms with Crippen LogP contribution in [0, 0.1) is 11.8 Å². The normalized spacial score (nSPS) is 18.4. The second-order valence-corrected chi connectivity index (χ2v) is 6.43. The standard InChI is InChI=1S/C15H28N4/c1-11(2)8-12(10-16)9-14-17-15(18-19(14)3)13-6-4-5-7-13/h11-13H,4-10,16H2,1-3H3. The maximum atomic E-state index is 5.89. The van der Waals surface area contributed by atoms with Gasteiger partial charge in [0.05, 0.1) is 0 Å². The first-order valence-electron chi connectivity index (χ1n) is 7.70. The van der Waals surface area contributed by atoms with Gasteiger partial charge in [-0.05, 0) is 37.6 Å². The molecule has 19 heavy (non-hydrogen) atoms. The Morgan fingerprint density at radius 2 is 2.00 bits per heavy atom. The van der Waals surface area contributed by atoms with Crippen molar-refractivity contribution in [2.24, 2.45) is 24.6 Å². The molecule has 2 rings (SSSR count). The van der Waals surface area contributed by atoms with Crippen molar-refractivity contribution in [3.63, 3.8) is 0 Å². The molecule has 2 N–H and O–H groups in total. The van der Waals surface area contributed by atoms with Crippen LogP contribution in [0.15, 0.2) is 0 Å². The van der Waals surface area contributed by atoms with Crippen molar-refractivity contribution in [1.82, 2.24) is 14.8 Å². The predicted octanol–water partition coefficient (Wildman–Crippen LogP) is 2.64. The van der Waals surface area contributed by atoms with Gasteiger partial charge in [-0.25, -0.2) is 4.98 Å². The lowest BCUT2D eigenvalue weighted by atomic mass is 9.94. The Balaban J connectivity index is 2.03. The van der Waals surface area contributed by atoms with Crippen LogP contribution in [0.5, 0.6) is 0 Å². The van der Waals surface area contributed by atoms with Crippen molar-refractivity contribution in [2.45, 2.75) is 58.3 Å². The summed E-state index contributed by atoms with van der Waals surface area (Å²) in [7, 11) is 2.02. The van der Waals surface area contributed by atoms with Crippen LogP contribution in [0.3, 0.4) is 0 Å². The highest BCUT2D eigenvalue weighted by molar-refractivity contribution is 5.02. The van der Waals surface area contributed by atoms with Crippen LogP contribution in [0.4, 0.5) is 0 Å². The summed E-state index contributed by atoms with van der Waals surface area (Å²) < 4.78 is 1.97. The zero-order valence-electron chi connectivity index (χ0n) is 12.6. The van der Waals surface area contributed by atoms with E-state index in [2.05, 4.69) is 18.9 Å². The summed E-state index contributed by atoms with van der Waals surface area (Å²) in [5.41, 5.74) is 5.89. The Kier molecular flexibility index (Phi) is 4.97. The minimum absolute atomic E-state index is 0.527. The van der Waals surface area contributed by atoms with Gasteiger partial charge in [0.15, 0.2) is 5.82 Å². The van der Waals surface area contributed by atoms with Gasteiger partial charge in [0.1, 0.15) is 5.82 Å². The smallest absolute Gasteiger partial charge is 0.154 e. The van der Waals surface area contributed by atoms with Crippen molar-refractivity contribution in [3.05, 3.63) is 11.6 Å². The van der Waals surface area contributed by atoms with Gasteiger partial charge in [0.25, 0.3) is 0 Å².